The van der Waals surface area contributed by atoms with Crippen molar-refractivity contribution in [2.75, 3.05) is 6.61 Å². The summed E-state index contributed by atoms with van der Waals surface area (Å²) in [5.41, 5.74) is 5.00. The zero-order valence-corrected chi connectivity index (χ0v) is 21.0. The number of carbonyl (C=O) groups excluding carboxylic acids is 2. The molecular formula is C23H20ClF3N8O4. The van der Waals surface area contributed by atoms with Crippen molar-refractivity contribution in [1.29, 1.82) is 0 Å². The number of pyridine rings is 1. The standard InChI is InChI=1S/C23H20ClF3N8O4/c1-2-39-21(37)15-7-9-29-11-16(15)35-20(18(28)36)30-17(31-35)12-34-22(38)33(10-8-23(25,26)27)19(32-34)13-3-5-14(24)6-4-13/h3-7,9,11H,2,8,10,12H2,1H3,(H2,28,36). The second-order valence-electron chi connectivity index (χ2n) is 8.03. The smallest absolute Gasteiger partial charge is 0.390 e. The Morgan fingerprint density at radius 2 is 1.85 bits per heavy atom. The van der Waals surface area contributed by atoms with Gasteiger partial charge in [0.15, 0.2) is 11.6 Å². The third kappa shape index (κ3) is 6.14. The molecule has 4 aromatic rings. The number of carbonyl (C=O) groups is 2. The van der Waals surface area contributed by atoms with Crippen LogP contribution in [0.1, 0.15) is 40.1 Å². The van der Waals surface area contributed by atoms with E-state index in [9.17, 15) is 27.6 Å². The highest BCUT2D eigenvalue weighted by Gasteiger charge is 2.29. The first-order valence-electron chi connectivity index (χ1n) is 11.4. The third-order valence-electron chi connectivity index (χ3n) is 5.33. The number of nitrogens with two attached hydrogens (primary N) is 1. The van der Waals surface area contributed by atoms with E-state index in [1.165, 1.54) is 42.7 Å². The lowest BCUT2D eigenvalue weighted by molar-refractivity contribution is -0.136. The van der Waals surface area contributed by atoms with Gasteiger partial charge in [0.2, 0.25) is 5.82 Å². The Kier molecular flexibility index (Phi) is 7.80. The second-order valence-corrected chi connectivity index (χ2v) is 8.46. The van der Waals surface area contributed by atoms with Crippen LogP contribution in [-0.4, -0.2) is 58.8 Å². The molecule has 204 valence electrons. The van der Waals surface area contributed by atoms with E-state index >= 15 is 0 Å². The van der Waals surface area contributed by atoms with Crippen molar-refractivity contribution in [2.45, 2.75) is 32.6 Å². The van der Waals surface area contributed by atoms with Gasteiger partial charge in [0.05, 0.1) is 24.8 Å². The molecule has 4 rings (SSSR count). The van der Waals surface area contributed by atoms with Crippen LogP contribution in [0.25, 0.3) is 17.1 Å². The van der Waals surface area contributed by atoms with Crippen molar-refractivity contribution in [1.82, 2.24) is 34.1 Å². The fourth-order valence-corrected chi connectivity index (χ4v) is 3.74. The first-order valence-corrected chi connectivity index (χ1v) is 11.7. The van der Waals surface area contributed by atoms with E-state index in [2.05, 4.69) is 20.2 Å². The topological polar surface area (TPSA) is 153 Å². The summed E-state index contributed by atoms with van der Waals surface area (Å²) in [7, 11) is 0. The van der Waals surface area contributed by atoms with Gasteiger partial charge in [-0.15, -0.1) is 10.2 Å². The fourth-order valence-electron chi connectivity index (χ4n) is 3.62. The Morgan fingerprint density at radius 3 is 2.49 bits per heavy atom. The van der Waals surface area contributed by atoms with Crippen molar-refractivity contribution in [3.8, 4) is 17.1 Å². The minimum atomic E-state index is -4.52. The third-order valence-corrected chi connectivity index (χ3v) is 5.58. The van der Waals surface area contributed by atoms with E-state index in [0.717, 1.165) is 13.9 Å². The summed E-state index contributed by atoms with van der Waals surface area (Å²) in [4.78, 5) is 45.7. The number of alkyl halides is 3. The zero-order valence-electron chi connectivity index (χ0n) is 20.2. The molecule has 1 amide bonds. The normalized spacial score (nSPS) is 11.5. The lowest BCUT2D eigenvalue weighted by Gasteiger charge is -2.09. The maximum absolute atomic E-state index is 13.1. The molecule has 0 spiro atoms. The maximum atomic E-state index is 13.1. The van der Waals surface area contributed by atoms with Crippen LogP contribution in [0.4, 0.5) is 13.2 Å². The number of aromatic nitrogens is 7. The zero-order chi connectivity index (χ0) is 28.3. The van der Waals surface area contributed by atoms with Crippen molar-refractivity contribution >= 4 is 23.5 Å². The number of amides is 1. The summed E-state index contributed by atoms with van der Waals surface area (Å²) in [5, 5.41) is 8.78. The number of hydrogen-bond donors (Lipinski definition) is 1. The van der Waals surface area contributed by atoms with E-state index < -0.39 is 43.3 Å². The van der Waals surface area contributed by atoms with Crippen LogP contribution in [0.2, 0.25) is 5.02 Å². The predicted molar refractivity (Wildman–Crippen MR) is 130 cm³/mol. The molecule has 0 aliphatic rings. The van der Waals surface area contributed by atoms with Crippen LogP contribution in [0, 0.1) is 0 Å². The molecule has 0 bridgehead atoms. The number of ether oxygens (including phenoxy) is 1. The Hall–Kier alpha value is -4.53. The van der Waals surface area contributed by atoms with Gasteiger partial charge in [0, 0.05) is 23.3 Å². The largest absolute Gasteiger partial charge is 0.462 e. The van der Waals surface area contributed by atoms with Crippen LogP contribution in [0.15, 0.2) is 47.5 Å². The quantitative estimate of drug-likeness (QED) is 0.304. The van der Waals surface area contributed by atoms with Gasteiger partial charge in [0.1, 0.15) is 12.2 Å². The Bertz CT molecular complexity index is 1580. The molecule has 0 aliphatic carbocycles. The van der Waals surface area contributed by atoms with Crippen LogP contribution in [-0.2, 0) is 17.8 Å². The fraction of sp³-hybridized carbons (Fsp3) is 0.261. The predicted octanol–water partition coefficient (Wildman–Crippen LogP) is 2.62. The van der Waals surface area contributed by atoms with Crippen molar-refractivity contribution in [2.24, 2.45) is 5.73 Å². The first-order chi connectivity index (χ1) is 18.5. The monoisotopic (exact) mass is 564 g/mol. The summed E-state index contributed by atoms with van der Waals surface area (Å²) in [6.07, 6.45) is -3.21. The highest BCUT2D eigenvalue weighted by Crippen LogP contribution is 2.23. The maximum Gasteiger partial charge on any atom is 0.390 e. The van der Waals surface area contributed by atoms with Gasteiger partial charge in [-0.05, 0) is 37.3 Å². The molecule has 3 aromatic heterocycles. The summed E-state index contributed by atoms with van der Waals surface area (Å²) in [6.45, 7) is 0.584. The molecule has 3 heterocycles. The van der Waals surface area contributed by atoms with E-state index in [1.54, 1.807) is 6.92 Å². The average molecular weight is 565 g/mol. The molecule has 0 saturated carbocycles. The molecule has 16 heteroatoms. The lowest BCUT2D eigenvalue weighted by Crippen LogP contribution is -2.27. The molecule has 1 aromatic carbocycles. The van der Waals surface area contributed by atoms with E-state index in [1.807, 2.05) is 0 Å². The Morgan fingerprint density at radius 1 is 1.13 bits per heavy atom. The molecule has 39 heavy (non-hydrogen) atoms. The molecule has 0 aliphatic heterocycles. The van der Waals surface area contributed by atoms with Gasteiger partial charge >= 0.3 is 17.8 Å². The van der Waals surface area contributed by atoms with Crippen LogP contribution < -0.4 is 11.4 Å². The molecule has 0 atom stereocenters. The number of nitrogens with zero attached hydrogens (tertiary/aromatic N) is 7. The first kappa shape index (κ1) is 27.5. The summed E-state index contributed by atoms with van der Waals surface area (Å²) in [6, 6.07) is 7.38. The van der Waals surface area contributed by atoms with Crippen molar-refractivity contribution in [3.63, 3.8) is 0 Å². The van der Waals surface area contributed by atoms with Gasteiger partial charge in [0.25, 0.3) is 5.91 Å². The lowest BCUT2D eigenvalue weighted by atomic mass is 10.2. The Balaban J connectivity index is 1.77. The number of hydrogen-bond acceptors (Lipinski definition) is 8. The molecule has 12 nitrogen and oxygen atoms in total. The van der Waals surface area contributed by atoms with Crippen molar-refractivity contribution < 1.29 is 27.5 Å². The number of benzene rings is 1. The van der Waals surface area contributed by atoms with Gasteiger partial charge < -0.3 is 10.5 Å². The number of halogens is 4. The molecule has 0 fully saturated rings. The van der Waals surface area contributed by atoms with E-state index in [0.29, 0.717) is 10.6 Å². The minimum absolute atomic E-state index is 0.0180. The highest BCUT2D eigenvalue weighted by atomic mass is 35.5. The molecule has 2 N–H and O–H groups in total. The Labute approximate surface area is 222 Å². The van der Waals surface area contributed by atoms with Crippen LogP contribution in [0.3, 0.4) is 0 Å². The second kappa shape index (κ2) is 11.1. The summed E-state index contributed by atoms with van der Waals surface area (Å²) in [5.74, 6) is -2.27. The van der Waals surface area contributed by atoms with Gasteiger partial charge in [-0.25, -0.2) is 23.9 Å². The van der Waals surface area contributed by atoms with Gasteiger partial charge in [-0.3, -0.25) is 14.3 Å². The minimum Gasteiger partial charge on any atom is -0.462 e. The molecule has 0 unspecified atom stereocenters. The summed E-state index contributed by atoms with van der Waals surface area (Å²) < 4.78 is 46.7. The molecule has 0 radical (unpaired) electrons. The van der Waals surface area contributed by atoms with E-state index in [4.69, 9.17) is 22.1 Å². The SMILES string of the molecule is CCOC(=O)c1ccncc1-n1nc(Cn2nc(-c3ccc(Cl)cc3)n(CCC(F)(F)F)c2=O)nc1C(N)=O. The van der Waals surface area contributed by atoms with Crippen LogP contribution in [0.5, 0.6) is 0 Å². The number of rotatable bonds is 9. The highest BCUT2D eigenvalue weighted by molar-refractivity contribution is 6.30. The van der Waals surface area contributed by atoms with Crippen molar-refractivity contribution in [3.05, 3.63) is 75.4 Å². The molecular weight excluding hydrogens is 545 g/mol. The van der Waals surface area contributed by atoms with Gasteiger partial charge in [-0.2, -0.15) is 13.2 Å². The van der Waals surface area contributed by atoms with E-state index in [-0.39, 0.29) is 35.3 Å². The van der Waals surface area contributed by atoms with Crippen LogP contribution >= 0.6 is 11.6 Å². The average Bonchev–Trinajstić information content (AvgIpc) is 3.44. The summed E-state index contributed by atoms with van der Waals surface area (Å²) >= 11 is 5.91. The number of esters is 1. The van der Waals surface area contributed by atoms with Gasteiger partial charge in [-0.1, -0.05) is 11.6 Å². The molecule has 0 saturated heterocycles. The number of primary amides is 1.